The quantitative estimate of drug-likeness (QED) is 0.940. The topological polar surface area (TPSA) is 44.5 Å². The second-order valence-corrected chi connectivity index (χ2v) is 5.71. The second-order valence-electron chi connectivity index (χ2n) is 5.30. The minimum absolute atomic E-state index is 0.0173. The highest BCUT2D eigenvalue weighted by molar-refractivity contribution is 6.32. The molecule has 0 amide bonds. The third-order valence-corrected chi connectivity index (χ3v) is 3.94. The van der Waals surface area contributed by atoms with Crippen molar-refractivity contribution in [3.8, 4) is 11.5 Å². The summed E-state index contributed by atoms with van der Waals surface area (Å²) in [4.78, 5) is 0. The first kappa shape index (κ1) is 14.2. The van der Waals surface area contributed by atoms with Crippen molar-refractivity contribution < 1.29 is 9.47 Å². The van der Waals surface area contributed by atoms with E-state index in [0.29, 0.717) is 23.9 Å². The molecule has 1 aliphatic rings. The van der Waals surface area contributed by atoms with Gasteiger partial charge in [0.2, 0.25) is 0 Å². The fourth-order valence-corrected chi connectivity index (χ4v) is 2.84. The Hall–Kier alpha value is -1.71. The Balaban J connectivity index is 1.68. The zero-order valence-electron chi connectivity index (χ0n) is 11.9. The van der Waals surface area contributed by atoms with Crippen molar-refractivity contribution >= 4 is 11.6 Å². The van der Waals surface area contributed by atoms with Gasteiger partial charge in [-0.25, -0.2) is 0 Å². The van der Waals surface area contributed by atoms with Gasteiger partial charge in [0.15, 0.2) is 0 Å². The van der Waals surface area contributed by atoms with Gasteiger partial charge in [-0.3, -0.25) is 0 Å². The van der Waals surface area contributed by atoms with Crippen LogP contribution in [-0.2, 0) is 13.0 Å². The molecule has 0 saturated heterocycles. The maximum absolute atomic E-state index is 6.18. The van der Waals surface area contributed by atoms with Crippen LogP contribution in [-0.4, -0.2) is 12.7 Å². The van der Waals surface area contributed by atoms with Crippen molar-refractivity contribution in [1.29, 1.82) is 0 Å². The standard InChI is InChI=1S/C17H18ClNO2/c1-11-5-6-16-13(7-11)8-14(21-16)10-20-17-12(9-19)3-2-4-15(17)18/h2-7,14H,8-10,19H2,1H3. The van der Waals surface area contributed by atoms with Gasteiger partial charge in [0.25, 0.3) is 0 Å². The van der Waals surface area contributed by atoms with Crippen LogP contribution < -0.4 is 15.2 Å². The molecule has 1 heterocycles. The molecule has 0 aromatic heterocycles. The summed E-state index contributed by atoms with van der Waals surface area (Å²) < 4.78 is 11.8. The number of ether oxygens (including phenoxy) is 2. The predicted octanol–water partition coefficient (Wildman–Crippen LogP) is 3.49. The number of rotatable bonds is 4. The Morgan fingerprint density at radius 2 is 2.19 bits per heavy atom. The first-order valence-corrected chi connectivity index (χ1v) is 7.41. The molecule has 4 heteroatoms. The Morgan fingerprint density at radius 3 is 3.00 bits per heavy atom. The molecule has 21 heavy (non-hydrogen) atoms. The zero-order valence-corrected chi connectivity index (χ0v) is 12.7. The first-order valence-electron chi connectivity index (χ1n) is 7.04. The number of hydrogen-bond acceptors (Lipinski definition) is 3. The number of hydrogen-bond donors (Lipinski definition) is 1. The molecule has 0 spiro atoms. The summed E-state index contributed by atoms with van der Waals surface area (Å²) in [5.41, 5.74) is 9.11. The lowest BCUT2D eigenvalue weighted by molar-refractivity contribution is 0.148. The summed E-state index contributed by atoms with van der Waals surface area (Å²) in [6, 6.07) is 11.9. The van der Waals surface area contributed by atoms with E-state index in [1.54, 1.807) is 0 Å². The summed E-state index contributed by atoms with van der Waals surface area (Å²) in [5.74, 6) is 1.62. The first-order chi connectivity index (χ1) is 10.2. The normalized spacial score (nSPS) is 16.4. The van der Waals surface area contributed by atoms with Crippen molar-refractivity contribution in [2.24, 2.45) is 5.73 Å². The molecule has 1 atom stereocenters. The van der Waals surface area contributed by atoms with E-state index in [1.165, 1.54) is 11.1 Å². The van der Waals surface area contributed by atoms with Crippen LogP contribution in [0.15, 0.2) is 36.4 Å². The lowest BCUT2D eigenvalue weighted by Gasteiger charge is -2.15. The lowest BCUT2D eigenvalue weighted by Crippen LogP contribution is -2.23. The molecule has 1 unspecified atom stereocenters. The molecule has 0 saturated carbocycles. The summed E-state index contributed by atoms with van der Waals surface area (Å²) in [6.45, 7) is 2.95. The van der Waals surface area contributed by atoms with Crippen molar-refractivity contribution in [3.63, 3.8) is 0 Å². The monoisotopic (exact) mass is 303 g/mol. The molecule has 0 bridgehead atoms. The number of para-hydroxylation sites is 1. The highest BCUT2D eigenvalue weighted by atomic mass is 35.5. The van der Waals surface area contributed by atoms with E-state index in [0.717, 1.165) is 17.7 Å². The number of nitrogens with two attached hydrogens (primary N) is 1. The van der Waals surface area contributed by atoms with E-state index in [2.05, 4.69) is 19.1 Å². The van der Waals surface area contributed by atoms with Crippen LogP contribution in [0.25, 0.3) is 0 Å². The second kappa shape index (κ2) is 5.96. The van der Waals surface area contributed by atoms with Crippen LogP contribution in [0.3, 0.4) is 0 Å². The van der Waals surface area contributed by atoms with Crippen molar-refractivity contribution in [1.82, 2.24) is 0 Å². The minimum Gasteiger partial charge on any atom is -0.488 e. The molecular formula is C17H18ClNO2. The molecule has 1 aliphatic heterocycles. The average Bonchev–Trinajstić information content (AvgIpc) is 2.87. The number of fused-ring (bicyclic) bond motifs is 1. The lowest BCUT2D eigenvalue weighted by atomic mass is 10.1. The maximum Gasteiger partial charge on any atom is 0.142 e. The summed E-state index contributed by atoms with van der Waals surface area (Å²) >= 11 is 6.18. The Morgan fingerprint density at radius 1 is 1.33 bits per heavy atom. The minimum atomic E-state index is 0.0173. The van der Waals surface area contributed by atoms with Gasteiger partial charge in [-0.2, -0.15) is 0 Å². The van der Waals surface area contributed by atoms with Crippen molar-refractivity contribution in [2.45, 2.75) is 26.0 Å². The summed E-state index contributed by atoms with van der Waals surface area (Å²) in [7, 11) is 0. The fourth-order valence-electron chi connectivity index (χ4n) is 2.59. The molecule has 3 rings (SSSR count). The molecule has 2 aromatic rings. The smallest absolute Gasteiger partial charge is 0.142 e. The average molecular weight is 304 g/mol. The Bertz CT molecular complexity index is 657. The van der Waals surface area contributed by atoms with Gasteiger partial charge in [-0.1, -0.05) is 41.4 Å². The molecular weight excluding hydrogens is 286 g/mol. The molecule has 2 N–H and O–H groups in total. The van der Waals surface area contributed by atoms with E-state index in [4.69, 9.17) is 26.8 Å². The van der Waals surface area contributed by atoms with E-state index >= 15 is 0 Å². The summed E-state index contributed by atoms with van der Waals surface area (Å²) in [6.07, 6.45) is 0.878. The molecule has 2 aromatic carbocycles. The van der Waals surface area contributed by atoms with Gasteiger partial charge in [-0.15, -0.1) is 0 Å². The van der Waals surface area contributed by atoms with Gasteiger partial charge >= 0.3 is 0 Å². The number of aryl methyl sites for hydroxylation is 1. The Labute approximate surface area is 129 Å². The van der Waals surface area contributed by atoms with E-state index < -0.39 is 0 Å². The molecule has 0 aliphatic carbocycles. The van der Waals surface area contributed by atoms with E-state index in [-0.39, 0.29) is 6.10 Å². The summed E-state index contributed by atoms with van der Waals surface area (Å²) in [5, 5.41) is 0.587. The zero-order chi connectivity index (χ0) is 14.8. The molecule has 3 nitrogen and oxygen atoms in total. The van der Waals surface area contributed by atoms with Crippen LogP contribution in [0, 0.1) is 6.92 Å². The van der Waals surface area contributed by atoms with Crippen LogP contribution in [0.5, 0.6) is 11.5 Å². The molecule has 0 radical (unpaired) electrons. The highest BCUT2D eigenvalue weighted by Gasteiger charge is 2.24. The van der Waals surface area contributed by atoms with Gasteiger partial charge in [0.05, 0.1) is 5.02 Å². The third-order valence-electron chi connectivity index (χ3n) is 3.64. The number of benzene rings is 2. The predicted molar refractivity (Wildman–Crippen MR) is 84.1 cm³/mol. The van der Waals surface area contributed by atoms with Crippen LogP contribution in [0.4, 0.5) is 0 Å². The largest absolute Gasteiger partial charge is 0.488 e. The fraction of sp³-hybridized carbons (Fsp3) is 0.294. The highest BCUT2D eigenvalue weighted by Crippen LogP contribution is 2.32. The van der Waals surface area contributed by atoms with Crippen LogP contribution >= 0.6 is 11.6 Å². The maximum atomic E-state index is 6.18. The molecule has 110 valence electrons. The van der Waals surface area contributed by atoms with Gasteiger partial charge in [-0.05, 0) is 24.6 Å². The van der Waals surface area contributed by atoms with E-state index in [1.807, 2.05) is 24.3 Å². The van der Waals surface area contributed by atoms with Gasteiger partial charge in [0.1, 0.15) is 24.2 Å². The SMILES string of the molecule is Cc1ccc2c(c1)CC(COc1c(Cl)cccc1CN)O2. The number of halogens is 1. The van der Waals surface area contributed by atoms with E-state index in [9.17, 15) is 0 Å². The third kappa shape index (κ3) is 2.99. The van der Waals surface area contributed by atoms with Crippen LogP contribution in [0.2, 0.25) is 5.02 Å². The Kier molecular flexibility index (Phi) is 4.04. The van der Waals surface area contributed by atoms with Crippen LogP contribution in [0.1, 0.15) is 16.7 Å². The molecule has 0 fully saturated rings. The van der Waals surface area contributed by atoms with Crippen molar-refractivity contribution in [2.75, 3.05) is 6.61 Å². The van der Waals surface area contributed by atoms with Gasteiger partial charge < -0.3 is 15.2 Å². The van der Waals surface area contributed by atoms with Crippen molar-refractivity contribution in [3.05, 3.63) is 58.1 Å². The van der Waals surface area contributed by atoms with Gasteiger partial charge in [0, 0.05) is 18.5 Å².